The molecule has 26 heavy (non-hydrogen) atoms. The van der Waals surface area contributed by atoms with Gasteiger partial charge in [0.1, 0.15) is 6.10 Å². The van der Waals surface area contributed by atoms with Gasteiger partial charge in [-0.2, -0.15) is 0 Å². The topological polar surface area (TPSA) is 66.8 Å². The van der Waals surface area contributed by atoms with Crippen LogP contribution in [-0.2, 0) is 9.53 Å². The van der Waals surface area contributed by atoms with Crippen LogP contribution in [0.5, 0.6) is 0 Å². The summed E-state index contributed by atoms with van der Waals surface area (Å²) >= 11 is 0. The van der Waals surface area contributed by atoms with Crippen molar-refractivity contribution in [2.45, 2.75) is 109 Å². The molecule has 0 spiro atoms. The number of rotatable bonds is 5. The highest BCUT2D eigenvalue weighted by Crippen LogP contribution is 2.41. The van der Waals surface area contributed by atoms with Gasteiger partial charge in [0.2, 0.25) is 0 Å². The van der Waals surface area contributed by atoms with Crippen molar-refractivity contribution in [2.75, 3.05) is 0 Å². The number of ether oxygens (including phenoxy) is 1. The first-order chi connectivity index (χ1) is 12.6. The highest BCUT2D eigenvalue weighted by molar-refractivity contribution is 5.72. The summed E-state index contributed by atoms with van der Waals surface area (Å²) < 4.78 is 5.98. The lowest BCUT2D eigenvalue weighted by atomic mass is 9.70. The van der Waals surface area contributed by atoms with E-state index in [1.165, 1.54) is 32.1 Å². The summed E-state index contributed by atoms with van der Waals surface area (Å²) in [6.07, 6.45) is 12.7. The number of aliphatic hydroxyl groups is 2. The highest BCUT2D eigenvalue weighted by Gasteiger charge is 2.37. The zero-order valence-corrected chi connectivity index (χ0v) is 16.4. The molecule has 4 atom stereocenters. The molecular weight excluding hydrogens is 328 g/mol. The zero-order valence-electron chi connectivity index (χ0n) is 16.4. The van der Waals surface area contributed by atoms with Crippen LogP contribution >= 0.6 is 0 Å². The lowest BCUT2D eigenvalue weighted by Gasteiger charge is -2.38. The minimum atomic E-state index is -0.558. The maximum Gasteiger partial charge on any atom is 0.309 e. The van der Waals surface area contributed by atoms with Crippen LogP contribution in [0.3, 0.4) is 0 Å². The Hall–Kier alpha value is -0.610. The summed E-state index contributed by atoms with van der Waals surface area (Å²) in [6.45, 7) is 2.15. The average molecular weight is 367 g/mol. The number of carbonyl (C=O) groups is 1. The molecule has 3 saturated carbocycles. The summed E-state index contributed by atoms with van der Waals surface area (Å²) in [6, 6.07) is 0. The third-order valence-corrected chi connectivity index (χ3v) is 7.44. The fourth-order valence-electron chi connectivity index (χ4n) is 5.68. The monoisotopic (exact) mass is 366 g/mol. The van der Waals surface area contributed by atoms with Crippen molar-refractivity contribution in [2.24, 2.45) is 23.7 Å². The molecule has 2 N–H and O–H groups in total. The van der Waals surface area contributed by atoms with Crippen LogP contribution in [0.25, 0.3) is 0 Å². The van der Waals surface area contributed by atoms with Gasteiger partial charge in [-0.1, -0.05) is 26.2 Å². The van der Waals surface area contributed by atoms with Gasteiger partial charge in [0.15, 0.2) is 0 Å². The van der Waals surface area contributed by atoms with E-state index in [0.29, 0.717) is 24.2 Å². The first-order valence-electron chi connectivity index (χ1n) is 11.1. The largest absolute Gasteiger partial charge is 0.462 e. The molecule has 3 rings (SSSR count). The fourth-order valence-corrected chi connectivity index (χ4v) is 5.68. The molecule has 0 saturated heterocycles. The van der Waals surface area contributed by atoms with Crippen LogP contribution in [0.1, 0.15) is 90.4 Å². The van der Waals surface area contributed by atoms with E-state index in [-0.39, 0.29) is 18.0 Å². The number of carbonyl (C=O) groups excluding carboxylic acids is 1. The Kier molecular flexibility index (Phi) is 7.39. The minimum Gasteiger partial charge on any atom is -0.462 e. The van der Waals surface area contributed by atoms with Gasteiger partial charge in [0.05, 0.1) is 18.1 Å². The van der Waals surface area contributed by atoms with Gasteiger partial charge < -0.3 is 14.9 Å². The molecule has 4 heteroatoms. The Bertz CT molecular complexity index is 437. The van der Waals surface area contributed by atoms with Crippen LogP contribution in [0.2, 0.25) is 0 Å². The smallest absolute Gasteiger partial charge is 0.309 e. The zero-order chi connectivity index (χ0) is 18.5. The third-order valence-electron chi connectivity index (χ3n) is 7.44. The molecule has 150 valence electrons. The van der Waals surface area contributed by atoms with Crippen molar-refractivity contribution in [1.29, 1.82) is 0 Å². The van der Waals surface area contributed by atoms with Crippen molar-refractivity contribution < 1.29 is 19.7 Å². The summed E-state index contributed by atoms with van der Waals surface area (Å²) in [5.41, 5.74) is 0. The van der Waals surface area contributed by atoms with Gasteiger partial charge in [0, 0.05) is 0 Å². The molecular formula is C22H38O4. The summed E-state index contributed by atoms with van der Waals surface area (Å²) in [5.74, 6) is 1.80. The van der Waals surface area contributed by atoms with Crippen molar-refractivity contribution in [3.05, 3.63) is 0 Å². The molecule has 3 aliphatic rings. The molecule has 0 bridgehead atoms. The van der Waals surface area contributed by atoms with E-state index in [2.05, 4.69) is 6.92 Å². The van der Waals surface area contributed by atoms with E-state index < -0.39 is 12.2 Å². The molecule has 0 aromatic rings. The Balaban J connectivity index is 1.44. The molecule has 3 aliphatic carbocycles. The second kappa shape index (κ2) is 9.54. The summed E-state index contributed by atoms with van der Waals surface area (Å²) in [5, 5.41) is 19.7. The normalized spacial score (nSPS) is 37.9. The number of esters is 1. The summed E-state index contributed by atoms with van der Waals surface area (Å²) in [4.78, 5) is 12.7. The molecule has 0 aromatic heterocycles. The number of hydrogen-bond donors (Lipinski definition) is 2. The standard InChI is InChI=1S/C22H38O4/c1-2-21(16-6-4-3-5-7-16)26-22(25)17-10-8-15(9-11-17)18-12-13-19(23)20(24)14-18/h15-21,23-24H,2-14H2,1H3. The molecule has 0 aromatic carbocycles. The summed E-state index contributed by atoms with van der Waals surface area (Å²) in [7, 11) is 0. The predicted octanol–water partition coefficient (Wildman–Crippen LogP) is 4.22. The molecule has 0 heterocycles. The van der Waals surface area contributed by atoms with Gasteiger partial charge in [-0.25, -0.2) is 0 Å². The van der Waals surface area contributed by atoms with Crippen LogP contribution in [0.15, 0.2) is 0 Å². The Morgan fingerprint density at radius 3 is 2.15 bits per heavy atom. The van der Waals surface area contributed by atoms with E-state index >= 15 is 0 Å². The van der Waals surface area contributed by atoms with E-state index in [1.54, 1.807) is 0 Å². The van der Waals surface area contributed by atoms with Gasteiger partial charge in [-0.15, -0.1) is 0 Å². The van der Waals surface area contributed by atoms with Gasteiger partial charge in [0.25, 0.3) is 0 Å². The second-order valence-corrected chi connectivity index (χ2v) is 9.10. The second-order valence-electron chi connectivity index (χ2n) is 9.10. The van der Waals surface area contributed by atoms with E-state index in [1.807, 2.05) is 0 Å². The molecule has 0 radical (unpaired) electrons. The van der Waals surface area contributed by atoms with E-state index in [0.717, 1.165) is 44.9 Å². The van der Waals surface area contributed by atoms with E-state index in [9.17, 15) is 15.0 Å². The molecule has 0 aliphatic heterocycles. The average Bonchev–Trinajstić information content (AvgIpc) is 2.69. The lowest BCUT2D eigenvalue weighted by Crippen LogP contribution is -2.38. The van der Waals surface area contributed by atoms with Gasteiger partial charge >= 0.3 is 5.97 Å². The minimum absolute atomic E-state index is 0.0416. The van der Waals surface area contributed by atoms with Crippen LogP contribution in [0, 0.1) is 23.7 Å². The molecule has 0 amide bonds. The quantitative estimate of drug-likeness (QED) is 0.715. The maximum atomic E-state index is 12.7. The van der Waals surface area contributed by atoms with Crippen LogP contribution < -0.4 is 0 Å². The van der Waals surface area contributed by atoms with E-state index in [4.69, 9.17) is 4.74 Å². The number of hydrogen-bond acceptors (Lipinski definition) is 4. The first kappa shape index (κ1) is 20.1. The van der Waals surface area contributed by atoms with Crippen molar-refractivity contribution in [3.8, 4) is 0 Å². The predicted molar refractivity (Wildman–Crippen MR) is 102 cm³/mol. The fraction of sp³-hybridized carbons (Fsp3) is 0.955. The molecule has 3 fully saturated rings. The van der Waals surface area contributed by atoms with Crippen LogP contribution in [-0.4, -0.2) is 34.5 Å². The maximum absolute atomic E-state index is 12.7. The van der Waals surface area contributed by atoms with Crippen LogP contribution in [0.4, 0.5) is 0 Å². The molecule has 4 nitrogen and oxygen atoms in total. The van der Waals surface area contributed by atoms with Gasteiger partial charge in [-0.05, 0) is 82.0 Å². The highest BCUT2D eigenvalue weighted by atomic mass is 16.5. The van der Waals surface area contributed by atoms with Crippen molar-refractivity contribution >= 4 is 5.97 Å². The first-order valence-corrected chi connectivity index (χ1v) is 11.1. The Labute approximate surface area is 158 Å². The third kappa shape index (κ3) is 5.01. The lowest BCUT2D eigenvalue weighted by molar-refractivity contribution is -0.159. The Morgan fingerprint density at radius 2 is 1.54 bits per heavy atom. The Morgan fingerprint density at radius 1 is 0.885 bits per heavy atom. The van der Waals surface area contributed by atoms with Crippen molar-refractivity contribution in [1.82, 2.24) is 0 Å². The molecule has 4 unspecified atom stereocenters. The SMILES string of the molecule is CCC(OC(=O)C1CCC(C2CCC(O)C(O)C2)CC1)C1CCCCC1. The number of aliphatic hydroxyl groups excluding tert-OH is 2. The van der Waals surface area contributed by atoms with Gasteiger partial charge in [-0.3, -0.25) is 4.79 Å². The van der Waals surface area contributed by atoms with Crippen molar-refractivity contribution in [3.63, 3.8) is 0 Å².